The van der Waals surface area contributed by atoms with Gasteiger partial charge in [-0.3, -0.25) is 9.97 Å². The highest BCUT2D eigenvalue weighted by atomic mass is 16.5. The van der Waals surface area contributed by atoms with Gasteiger partial charge in [0.15, 0.2) is 0 Å². The summed E-state index contributed by atoms with van der Waals surface area (Å²) in [7, 11) is 3.11. The Morgan fingerprint density at radius 3 is 2.74 bits per heavy atom. The molecule has 0 saturated carbocycles. The van der Waals surface area contributed by atoms with Gasteiger partial charge in [0.25, 0.3) is 0 Å². The second kappa shape index (κ2) is 7.98. The van der Waals surface area contributed by atoms with Gasteiger partial charge in [-0.05, 0) is 19.1 Å². The first-order valence-corrected chi connectivity index (χ1v) is 7.16. The van der Waals surface area contributed by atoms with Gasteiger partial charge in [-0.2, -0.15) is 0 Å². The molecule has 0 aliphatic rings. The third-order valence-corrected chi connectivity index (χ3v) is 3.17. The summed E-state index contributed by atoms with van der Waals surface area (Å²) < 4.78 is 10.4. The number of benzene rings is 1. The zero-order chi connectivity index (χ0) is 16.7. The summed E-state index contributed by atoms with van der Waals surface area (Å²) in [5, 5.41) is 5.61. The number of nitrogens with one attached hydrogen (secondary N) is 2. The van der Waals surface area contributed by atoms with Gasteiger partial charge in [-0.1, -0.05) is 0 Å². The number of carbonyl (C=O) groups excluding carboxylic acids is 1. The van der Waals surface area contributed by atoms with Crippen molar-refractivity contribution in [2.45, 2.75) is 19.4 Å². The van der Waals surface area contributed by atoms with E-state index in [0.29, 0.717) is 23.6 Å². The Balaban J connectivity index is 1.94. The number of carbonyl (C=O) groups is 1. The van der Waals surface area contributed by atoms with Gasteiger partial charge < -0.3 is 20.1 Å². The van der Waals surface area contributed by atoms with Gasteiger partial charge in [-0.25, -0.2) is 4.79 Å². The molecule has 1 heterocycles. The second-order valence-corrected chi connectivity index (χ2v) is 4.97. The number of anilines is 1. The lowest BCUT2D eigenvalue weighted by Gasteiger charge is -2.16. The molecule has 0 bridgehead atoms. The zero-order valence-electron chi connectivity index (χ0n) is 13.4. The summed E-state index contributed by atoms with van der Waals surface area (Å²) in [6.45, 7) is 1.90. The topological polar surface area (TPSA) is 85.4 Å². The minimum Gasteiger partial charge on any atom is -0.497 e. The lowest BCUT2D eigenvalue weighted by atomic mass is 10.2. The smallest absolute Gasteiger partial charge is 0.319 e. The fourth-order valence-electron chi connectivity index (χ4n) is 2.08. The molecule has 2 amide bonds. The highest BCUT2D eigenvalue weighted by molar-refractivity contribution is 5.91. The quantitative estimate of drug-likeness (QED) is 0.853. The molecule has 122 valence electrons. The van der Waals surface area contributed by atoms with Crippen LogP contribution in [0.2, 0.25) is 0 Å². The van der Waals surface area contributed by atoms with Crippen molar-refractivity contribution in [1.82, 2.24) is 15.3 Å². The van der Waals surface area contributed by atoms with E-state index in [1.807, 2.05) is 6.92 Å². The van der Waals surface area contributed by atoms with E-state index in [9.17, 15) is 4.79 Å². The van der Waals surface area contributed by atoms with Crippen LogP contribution in [0.25, 0.3) is 0 Å². The third kappa shape index (κ3) is 4.84. The van der Waals surface area contributed by atoms with Crippen LogP contribution < -0.4 is 20.1 Å². The van der Waals surface area contributed by atoms with E-state index >= 15 is 0 Å². The third-order valence-electron chi connectivity index (χ3n) is 3.17. The van der Waals surface area contributed by atoms with E-state index in [-0.39, 0.29) is 12.1 Å². The summed E-state index contributed by atoms with van der Waals surface area (Å²) in [5.74, 6) is 1.19. The van der Waals surface area contributed by atoms with Crippen LogP contribution >= 0.6 is 0 Å². The molecule has 1 aromatic carbocycles. The highest BCUT2D eigenvalue weighted by Crippen LogP contribution is 2.28. The van der Waals surface area contributed by atoms with Crippen molar-refractivity contribution < 1.29 is 14.3 Å². The van der Waals surface area contributed by atoms with Crippen LogP contribution in [-0.4, -0.2) is 36.3 Å². The minimum atomic E-state index is -0.315. The van der Waals surface area contributed by atoms with Gasteiger partial charge in [-0.15, -0.1) is 0 Å². The van der Waals surface area contributed by atoms with Crippen LogP contribution in [0.4, 0.5) is 10.5 Å². The molecular weight excluding hydrogens is 296 g/mol. The number of rotatable bonds is 6. The Labute approximate surface area is 135 Å². The number of aromatic nitrogens is 2. The van der Waals surface area contributed by atoms with E-state index in [2.05, 4.69) is 20.6 Å². The Hall–Kier alpha value is -2.83. The van der Waals surface area contributed by atoms with Crippen molar-refractivity contribution in [1.29, 1.82) is 0 Å². The maximum Gasteiger partial charge on any atom is 0.319 e. The molecule has 0 saturated heterocycles. The summed E-state index contributed by atoms with van der Waals surface area (Å²) in [5.41, 5.74) is 1.39. The molecule has 0 unspecified atom stereocenters. The molecule has 1 aromatic heterocycles. The fourth-order valence-corrected chi connectivity index (χ4v) is 2.08. The Kier molecular flexibility index (Phi) is 5.74. The summed E-state index contributed by atoms with van der Waals surface area (Å²) in [6.07, 6.45) is 5.53. The normalized spacial score (nSPS) is 11.4. The summed E-state index contributed by atoms with van der Waals surface area (Å²) >= 11 is 0. The van der Waals surface area contributed by atoms with Crippen molar-refractivity contribution in [2.75, 3.05) is 19.5 Å². The van der Waals surface area contributed by atoms with Gasteiger partial charge in [0, 0.05) is 37.1 Å². The SMILES string of the molecule is COc1ccc(NC(=O)N[C@H](C)Cc2cnccn2)c(OC)c1. The number of ether oxygens (including phenoxy) is 2. The summed E-state index contributed by atoms with van der Waals surface area (Å²) in [4.78, 5) is 20.3. The molecule has 2 rings (SSSR count). The first-order chi connectivity index (χ1) is 11.1. The number of nitrogens with zero attached hydrogens (tertiary/aromatic N) is 2. The lowest BCUT2D eigenvalue weighted by molar-refractivity contribution is 0.249. The molecule has 2 N–H and O–H groups in total. The molecule has 1 atom stereocenters. The first-order valence-electron chi connectivity index (χ1n) is 7.16. The van der Waals surface area contributed by atoms with Crippen molar-refractivity contribution in [3.05, 3.63) is 42.5 Å². The molecule has 7 nitrogen and oxygen atoms in total. The Bertz CT molecular complexity index is 649. The van der Waals surface area contributed by atoms with E-state index in [4.69, 9.17) is 9.47 Å². The molecule has 0 spiro atoms. The van der Waals surface area contributed by atoms with E-state index < -0.39 is 0 Å². The van der Waals surface area contributed by atoms with Crippen LogP contribution in [0.5, 0.6) is 11.5 Å². The summed E-state index contributed by atoms with van der Waals surface area (Å²) in [6, 6.07) is 4.78. The lowest BCUT2D eigenvalue weighted by Crippen LogP contribution is -2.37. The van der Waals surface area contributed by atoms with Crippen LogP contribution in [0.3, 0.4) is 0 Å². The number of methoxy groups -OCH3 is 2. The van der Waals surface area contributed by atoms with Gasteiger partial charge >= 0.3 is 6.03 Å². The van der Waals surface area contributed by atoms with E-state index in [1.54, 1.807) is 43.9 Å². The fraction of sp³-hybridized carbons (Fsp3) is 0.312. The number of amides is 2. The van der Waals surface area contributed by atoms with E-state index in [1.165, 1.54) is 7.11 Å². The molecule has 23 heavy (non-hydrogen) atoms. The maximum absolute atomic E-state index is 12.1. The van der Waals surface area contributed by atoms with Gasteiger partial charge in [0.1, 0.15) is 11.5 Å². The number of hydrogen-bond donors (Lipinski definition) is 2. The molecule has 7 heteroatoms. The number of urea groups is 1. The van der Waals surface area contributed by atoms with Crippen molar-refractivity contribution >= 4 is 11.7 Å². The van der Waals surface area contributed by atoms with Gasteiger partial charge in [0.05, 0.1) is 25.6 Å². The van der Waals surface area contributed by atoms with Crippen LogP contribution in [-0.2, 0) is 6.42 Å². The van der Waals surface area contributed by atoms with Crippen molar-refractivity contribution in [2.24, 2.45) is 0 Å². The van der Waals surface area contributed by atoms with Crippen LogP contribution in [0.1, 0.15) is 12.6 Å². The van der Waals surface area contributed by atoms with Crippen LogP contribution in [0, 0.1) is 0 Å². The van der Waals surface area contributed by atoms with Crippen molar-refractivity contribution in [3.63, 3.8) is 0 Å². The maximum atomic E-state index is 12.1. The Morgan fingerprint density at radius 2 is 2.09 bits per heavy atom. The molecular formula is C16H20N4O3. The molecule has 0 fully saturated rings. The molecule has 0 radical (unpaired) electrons. The first kappa shape index (κ1) is 16.5. The van der Waals surface area contributed by atoms with Crippen LogP contribution in [0.15, 0.2) is 36.8 Å². The highest BCUT2D eigenvalue weighted by Gasteiger charge is 2.12. The molecule has 0 aliphatic heterocycles. The zero-order valence-corrected chi connectivity index (χ0v) is 13.4. The molecule has 2 aromatic rings. The van der Waals surface area contributed by atoms with Gasteiger partial charge in [0.2, 0.25) is 0 Å². The number of hydrogen-bond acceptors (Lipinski definition) is 5. The predicted octanol–water partition coefficient (Wildman–Crippen LogP) is 2.25. The second-order valence-electron chi connectivity index (χ2n) is 4.97. The Morgan fingerprint density at radius 1 is 1.26 bits per heavy atom. The minimum absolute atomic E-state index is 0.0871. The van der Waals surface area contributed by atoms with E-state index in [0.717, 1.165) is 5.69 Å². The predicted molar refractivity (Wildman–Crippen MR) is 86.9 cm³/mol. The monoisotopic (exact) mass is 316 g/mol. The average Bonchev–Trinajstić information content (AvgIpc) is 2.55. The average molecular weight is 316 g/mol. The largest absolute Gasteiger partial charge is 0.497 e. The van der Waals surface area contributed by atoms with Crippen molar-refractivity contribution in [3.8, 4) is 11.5 Å². The molecule has 0 aliphatic carbocycles. The standard InChI is InChI=1S/C16H20N4O3/c1-11(8-12-10-17-6-7-18-12)19-16(21)20-14-5-4-13(22-2)9-15(14)23-3/h4-7,9-11H,8H2,1-3H3,(H2,19,20,21)/t11-/m1/s1.